The Morgan fingerprint density at radius 1 is 1.63 bits per heavy atom. The number of aliphatic hydroxyl groups excluding tert-OH is 1. The van der Waals surface area contributed by atoms with Crippen molar-refractivity contribution in [3.63, 3.8) is 0 Å². The van der Waals surface area contributed by atoms with Gasteiger partial charge in [-0.25, -0.2) is 9.78 Å². The molecule has 3 N–H and O–H groups in total. The maximum Gasteiger partial charge on any atom is 0.407 e. The van der Waals surface area contributed by atoms with Crippen LogP contribution in [0, 0.1) is 0 Å². The summed E-state index contributed by atoms with van der Waals surface area (Å²) in [7, 11) is 0. The molecule has 0 aliphatic carbocycles. The molecule has 1 aromatic rings. The summed E-state index contributed by atoms with van der Waals surface area (Å²) < 4.78 is 0. The fraction of sp³-hybridized carbons (Fsp3) is 0.455. The number of aromatic nitrogens is 1. The molecular weight excluding hydrogens is 292 g/mol. The van der Waals surface area contributed by atoms with Crippen molar-refractivity contribution < 1.29 is 20.1 Å². The molecule has 1 aliphatic heterocycles. The highest BCUT2D eigenvalue weighted by molar-refractivity contribution is 8.00. The van der Waals surface area contributed by atoms with Gasteiger partial charge in [-0.3, -0.25) is 0 Å². The Bertz CT molecular complexity index is 472. The zero-order valence-electron chi connectivity index (χ0n) is 9.86. The Balaban J connectivity index is 2.13. The van der Waals surface area contributed by atoms with Gasteiger partial charge < -0.3 is 20.2 Å². The lowest BCUT2D eigenvalue weighted by atomic mass is 10.1. The van der Waals surface area contributed by atoms with Gasteiger partial charge in [-0.15, -0.1) is 0 Å². The molecule has 0 spiro atoms. The number of pyridine rings is 1. The minimum Gasteiger partial charge on any atom is -0.465 e. The largest absolute Gasteiger partial charge is 0.465 e. The number of amides is 1. The lowest BCUT2D eigenvalue weighted by molar-refractivity contribution is -0.000738. The summed E-state index contributed by atoms with van der Waals surface area (Å²) in [5, 5.41) is 29.2. The number of nitrogens with zero attached hydrogens (tertiary/aromatic N) is 2. The van der Waals surface area contributed by atoms with Gasteiger partial charge in [0.25, 0.3) is 0 Å². The zero-order chi connectivity index (χ0) is 14.0. The van der Waals surface area contributed by atoms with Gasteiger partial charge in [0.15, 0.2) is 0 Å². The van der Waals surface area contributed by atoms with Crippen molar-refractivity contribution in [3.05, 3.63) is 23.4 Å². The molecule has 2 atom stereocenters. The fourth-order valence-corrected chi connectivity index (χ4v) is 3.18. The van der Waals surface area contributed by atoms with Crippen LogP contribution < -0.4 is 0 Å². The molecule has 0 aromatic carbocycles. The molecule has 1 aliphatic rings. The molecule has 19 heavy (non-hydrogen) atoms. The third-order valence-electron chi connectivity index (χ3n) is 2.96. The number of β-amino-alcohol motifs (C(OH)–C–C–N with tert-alkyl or cyclic N) is 1. The molecule has 1 aromatic heterocycles. The normalized spacial score (nSPS) is 26.7. The third-order valence-corrected chi connectivity index (χ3v) is 4.54. The smallest absolute Gasteiger partial charge is 0.407 e. The van der Waals surface area contributed by atoms with E-state index >= 15 is 0 Å². The molecular formula is C11H13ClN2O4S. The van der Waals surface area contributed by atoms with Crippen LogP contribution in [-0.4, -0.2) is 61.8 Å². The van der Waals surface area contributed by atoms with Crippen LogP contribution in [0.3, 0.4) is 0 Å². The van der Waals surface area contributed by atoms with Crippen LogP contribution >= 0.6 is 23.4 Å². The molecule has 1 fully saturated rings. The van der Waals surface area contributed by atoms with Crippen molar-refractivity contribution in [3.8, 4) is 0 Å². The van der Waals surface area contributed by atoms with E-state index in [0.717, 1.165) is 4.90 Å². The topological polar surface area (TPSA) is 93.9 Å². The van der Waals surface area contributed by atoms with E-state index in [4.69, 9.17) is 16.7 Å². The Labute approximate surface area is 119 Å². The van der Waals surface area contributed by atoms with E-state index in [1.807, 2.05) is 0 Å². The van der Waals surface area contributed by atoms with Gasteiger partial charge in [-0.05, 0) is 12.1 Å². The molecule has 1 saturated heterocycles. The van der Waals surface area contributed by atoms with E-state index in [2.05, 4.69) is 4.98 Å². The predicted octanol–water partition coefficient (Wildman–Crippen LogP) is 0.913. The standard InChI is InChI=1S/C11H13ClN2O4S/c12-7-1-2-9(13-3-7)19-8-4-14(10(16)17)5-11(8,18)6-15/h1-3,8,15,18H,4-6H2,(H,16,17)/t8-,11?/m0/s1. The Hall–Kier alpha value is -1.02. The lowest BCUT2D eigenvalue weighted by Crippen LogP contribution is -2.44. The number of likely N-dealkylation sites (tertiary alicyclic amines) is 1. The first-order valence-corrected chi connectivity index (χ1v) is 6.80. The predicted molar refractivity (Wildman–Crippen MR) is 70.5 cm³/mol. The molecule has 1 amide bonds. The second-order valence-electron chi connectivity index (χ2n) is 4.35. The number of carbonyl (C=O) groups is 1. The van der Waals surface area contributed by atoms with E-state index in [9.17, 15) is 15.0 Å². The highest BCUT2D eigenvalue weighted by Crippen LogP contribution is 2.35. The average molecular weight is 305 g/mol. The Morgan fingerprint density at radius 2 is 2.37 bits per heavy atom. The minimum absolute atomic E-state index is 0.107. The third kappa shape index (κ3) is 3.11. The highest BCUT2D eigenvalue weighted by Gasteiger charge is 2.47. The number of carboxylic acid groups (broad SMARTS) is 1. The molecule has 6 nitrogen and oxygen atoms in total. The maximum atomic E-state index is 10.9. The Morgan fingerprint density at radius 3 is 2.89 bits per heavy atom. The van der Waals surface area contributed by atoms with Gasteiger partial charge in [0.05, 0.1) is 28.5 Å². The maximum absolute atomic E-state index is 10.9. The van der Waals surface area contributed by atoms with E-state index in [1.165, 1.54) is 18.0 Å². The number of hydrogen-bond acceptors (Lipinski definition) is 5. The van der Waals surface area contributed by atoms with Crippen LogP contribution in [-0.2, 0) is 0 Å². The summed E-state index contributed by atoms with van der Waals surface area (Å²) in [4.78, 5) is 16.1. The van der Waals surface area contributed by atoms with Crippen LogP contribution in [0.1, 0.15) is 0 Å². The first-order valence-electron chi connectivity index (χ1n) is 5.54. The van der Waals surface area contributed by atoms with Gasteiger partial charge >= 0.3 is 6.09 Å². The van der Waals surface area contributed by atoms with E-state index in [1.54, 1.807) is 12.1 Å². The fourth-order valence-electron chi connectivity index (χ4n) is 1.89. The summed E-state index contributed by atoms with van der Waals surface area (Å²) in [5.74, 6) is 0. The summed E-state index contributed by atoms with van der Waals surface area (Å²) in [6.45, 7) is -0.465. The average Bonchev–Trinajstić information content (AvgIpc) is 2.71. The van der Waals surface area contributed by atoms with Crippen LogP contribution in [0.25, 0.3) is 0 Å². The second kappa shape index (κ2) is 5.54. The van der Waals surface area contributed by atoms with Gasteiger partial charge in [0, 0.05) is 12.7 Å². The second-order valence-corrected chi connectivity index (χ2v) is 6.01. The van der Waals surface area contributed by atoms with E-state index < -0.39 is 23.6 Å². The van der Waals surface area contributed by atoms with Crippen LogP contribution in [0.15, 0.2) is 23.4 Å². The van der Waals surface area contributed by atoms with Gasteiger partial charge in [-0.2, -0.15) is 0 Å². The van der Waals surface area contributed by atoms with Crippen molar-refractivity contribution in [2.24, 2.45) is 0 Å². The first kappa shape index (κ1) is 14.4. The van der Waals surface area contributed by atoms with Crippen LogP contribution in [0.5, 0.6) is 0 Å². The molecule has 104 valence electrons. The minimum atomic E-state index is -1.45. The van der Waals surface area contributed by atoms with Crippen molar-refractivity contribution in [2.45, 2.75) is 15.9 Å². The molecule has 0 saturated carbocycles. The molecule has 1 unspecified atom stereocenters. The molecule has 0 bridgehead atoms. The number of rotatable bonds is 3. The molecule has 2 rings (SSSR count). The van der Waals surface area contributed by atoms with Crippen molar-refractivity contribution in [1.29, 1.82) is 0 Å². The van der Waals surface area contributed by atoms with Crippen molar-refractivity contribution in [2.75, 3.05) is 19.7 Å². The van der Waals surface area contributed by atoms with Crippen molar-refractivity contribution in [1.82, 2.24) is 9.88 Å². The molecule has 2 heterocycles. The van der Waals surface area contributed by atoms with Crippen LogP contribution in [0.4, 0.5) is 4.79 Å². The van der Waals surface area contributed by atoms with Crippen LogP contribution in [0.2, 0.25) is 5.02 Å². The van der Waals surface area contributed by atoms with E-state index in [-0.39, 0.29) is 13.1 Å². The number of halogens is 1. The monoisotopic (exact) mass is 304 g/mol. The highest BCUT2D eigenvalue weighted by atomic mass is 35.5. The van der Waals surface area contributed by atoms with E-state index in [0.29, 0.717) is 10.0 Å². The SMILES string of the molecule is O=C(O)N1C[C@H](Sc2ccc(Cl)cn2)C(O)(CO)C1. The number of aliphatic hydroxyl groups is 2. The summed E-state index contributed by atoms with van der Waals surface area (Å²) in [6, 6.07) is 3.35. The van der Waals surface area contributed by atoms with Gasteiger partial charge in [0.2, 0.25) is 0 Å². The first-order chi connectivity index (χ1) is 8.94. The summed E-state index contributed by atoms with van der Waals surface area (Å²) >= 11 is 6.96. The summed E-state index contributed by atoms with van der Waals surface area (Å²) in [5.41, 5.74) is -1.45. The number of thioether (sulfide) groups is 1. The number of hydrogen-bond donors (Lipinski definition) is 3. The molecule has 0 radical (unpaired) electrons. The lowest BCUT2D eigenvalue weighted by Gasteiger charge is -2.25. The molecule has 8 heteroatoms. The van der Waals surface area contributed by atoms with Gasteiger partial charge in [0.1, 0.15) is 5.60 Å². The summed E-state index contributed by atoms with van der Waals surface area (Å²) in [6.07, 6.45) is 0.366. The van der Waals surface area contributed by atoms with Gasteiger partial charge in [-0.1, -0.05) is 23.4 Å². The Kier molecular flexibility index (Phi) is 4.19. The quantitative estimate of drug-likeness (QED) is 0.768. The zero-order valence-corrected chi connectivity index (χ0v) is 11.4. The van der Waals surface area contributed by atoms with Crippen molar-refractivity contribution >= 4 is 29.5 Å².